The summed E-state index contributed by atoms with van der Waals surface area (Å²) in [5, 5.41) is 12.2. The number of nitrogens with one attached hydrogen (secondary N) is 1. The average Bonchev–Trinajstić information content (AvgIpc) is 2.16. The molecule has 1 rings (SSSR count). The second kappa shape index (κ2) is 4.98. The number of rotatable bonds is 4. The van der Waals surface area contributed by atoms with Crippen LogP contribution in [-0.2, 0) is 0 Å². The lowest BCUT2D eigenvalue weighted by molar-refractivity contribution is 0.474. The predicted octanol–water partition coefficient (Wildman–Crippen LogP) is 3.57. The average molecular weight is 220 g/mol. The second-order valence-corrected chi connectivity index (χ2v) is 4.68. The highest BCUT2D eigenvalue weighted by Gasteiger charge is 2.24. The topological polar surface area (TPSA) is 35.8 Å². The van der Waals surface area contributed by atoms with E-state index in [0.717, 1.165) is 6.42 Å². The third-order valence-electron chi connectivity index (χ3n) is 2.31. The summed E-state index contributed by atoms with van der Waals surface area (Å²) in [6.45, 7) is 5.95. The van der Waals surface area contributed by atoms with Gasteiger partial charge >= 0.3 is 0 Å². The number of nitriles is 1. The number of benzene rings is 1. The van der Waals surface area contributed by atoms with Crippen molar-refractivity contribution in [2.45, 2.75) is 32.7 Å². The van der Waals surface area contributed by atoms with E-state index < -0.39 is 5.54 Å². The Bertz CT molecular complexity index is 395. The van der Waals surface area contributed by atoms with E-state index in [-0.39, 0.29) is 5.82 Å². The van der Waals surface area contributed by atoms with E-state index in [1.807, 2.05) is 6.92 Å². The van der Waals surface area contributed by atoms with Crippen LogP contribution >= 0.6 is 0 Å². The Morgan fingerprint density at radius 1 is 1.50 bits per heavy atom. The van der Waals surface area contributed by atoms with E-state index in [4.69, 9.17) is 5.26 Å². The number of hydrogen-bond donors (Lipinski definition) is 1. The fourth-order valence-electron chi connectivity index (χ4n) is 1.83. The lowest BCUT2D eigenvalue weighted by Crippen LogP contribution is -2.34. The van der Waals surface area contributed by atoms with Crippen molar-refractivity contribution in [2.24, 2.45) is 5.92 Å². The summed E-state index contributed by atoms with van der Waals surface area (Å²) < 4.78 is 13.0. The van der Waals surface area contributed by atoms with Gasteiger partial charge in [-0.2, -0.15) is 5.26 Å². The van der Waals surface area contributed by atoms with Gasteiger partial charge in [-0.15, -0.1) is 0 Å². The minimum absolute atomic E-state index is 0.296. The van der Waals surface area contributed by atoms with Gasteiger partial charge < -0.3 is 5.32 Å². The molecule has 0 heterocycles. The standard InChI is InChI=1S/C13H17FN2/c1-10(2)8-13(3,9-15)16-12-6-4-5-11(14)7-12/h4-7,10,16H,8H2,1-3H3. The van der Waals surface area contributed by atoms with Crippen LogP contribution < -0.4 is 5.32 Å². The summed E-state index contributed by atoms with van der Waals surface area (Å²) >= 11 is 0. The van der Waals surface area contributed by atoms with E-state index in [0.29, 0.717) is 11.6 Å². The SMILES string of the molecule is CC(C)CC(C)(C#N)Nc1cccc(F)c1. The molecule has 0 bridgehead atoms. The van der Waals surface area contributed by atoms with Gasteiger partial charge in [0, 0.05) is 5.69 Å². The molecule has 0 saturated carbocycles. The van der Waals surface area contributed by atoms with Crippen LogP contribution in [0.15, 0.2) is 24.3 Å². The fraction of sp³-hybridized carbons (Fsp3) is 0.462. The summed E-state index contributed by atoms with van der Waals surface area (Å²) in [4.78, 5) is 0. The molecule has 16 heavy (non-hydrogen) atoms. The second-order valence-electron chi connectivity index (χ2n) is 4.68. The monoisotopic (exact) mass is 220 g/mol. The van der Waals surface area contributed by atoms with Gasteiger partial charge in [-0.3, -0.25) is 0 Å². The molecule has 0 radical (unpaired) electrons. The first kappa shape index (κ1) is 12.5. The lowest BCUT2D eigenvalue weighted by Gasteiger charge is -2.26. The molecule has 3 heteroatoms. The quantitative estimate of drug-likeness (QED) is 0.842. The molecule has 0 spiro atoms. The number of halogens is 1. The van der Waals surface area contributed by atoms with Gasteiger partial charge in [0.25, 0.3) is 0 Å². The van der Waals surface area contributed by atoms with Crippen molar-refractivity contribution in [2.75, 3.05) is 5.32 Å². The number of hydrogen-bond acceptors (Lipinski definition) is 2. The Morgan fingerprint density at radius 2 is 2.19 bits per heavy atom. The highest BCUT2D eigenvalue weighted by Crippen LogP contribution is 2.22. The smallest absolute Gasteiger partial charge is 0.125 e. The van der Waals surface area contributed by atoms with E-state index in [9.17, 15) is 4.39 Å². The van der Waals surface area contributed by atoms with E-state index in [2.05, 4.69) is 25.2 Å². The van der Waals surface area contributed by atoms with Crippen LogP contribution in [0, 0.1) is 23.1 Å². The van der Waals surface area contributed by atoms with Crippen molar-refractivity contribution in [3.05, 3.63) is 30.1 Å². The minimum Gasteiger partial charge on any atom is -0.367 e. The predicted molar refractivity (Wildman–Crippen MR) is 63.5 cm³/mol. The molecule has 0 aromatic heterocycles. The summed E-state index contributed by atoms with van der Waals surface area (Å²) in [5.74, 6) is 0.112. The molecule has 1 aromatic carbocycles. The first-order valence-corrected chi connectivity index (χ1v) is 5.40. The molecule has 0 fully saturated rings. The Labute approximate surface area is 96.1 Å². The minimum atomic E-state index is -0.651. The van der Waals surface area contributed by atoms with E-state index >= 15 is 0 Å². The summed E-state index contributed by atoms with van der Waals surface area (Å²) in [6, 6.07) is 8.42. The summed E-state index contributed by atoms with van der Waals surface area (Å²) in [6.07, 6.45) is 0.722. The van der Waals surface area contributed by atoms with Gasteiger partial charge in [0.1, 0.15) is 11.4 Å². The van der Waals surface area contributed by atoms with Crippen LogP contribution in [0.4, 0.5) is 10.1 Å². The zero-order chi connectivity index (χ0) is 12.2. The maximum Gasteiger partial charge on any atom is 0.125 e. The zero-order valence-corrected chi connectivity index (χ0v) is 9.92. The highest BCUT2D eigenvalue weighted by atomic mass is 19.1. The molecule has 86 valence electrons. The molecule has 1 unspecified atom stereocenters. The Hall–Kier alpha value is -1.56. The maximum absolute atomic E-state index is 13.0. The van der Waals surface area contributed by atoms with Crippen LogP contribution in [0.5, 0.6) is 0 Å². The molecule has 1 atom stereocenters. The van der Waals surface area contributed by atoms with Crippen LogP contribution in [-0.4, -0.2) is 5.54 Å². The van der Waals surface area contributed by atoms with Crippen LogP contribution in [0.3, 0.4) is 0 Å². The van der Waals surface area contributed by atoms with E-state index in [1.54, 1.807) is 12.1 Å². The summed E-state index contributed by atoms with van der Waals surface area (Å²) in [5.41, 5.74) is -0.00759. The molecule has 1 N–H and O–H groups in total. The molecule has 1 aromatic rings. The third-order valence-corrected chi connectivity index (χ3v) is 2.31. The van der Waals surface area contributed by atoms with Gasteiger partial charge in [-0.1, -0.05) is 19.9 Å². The molecule has 0 saturated heterocycles. The van der Waals surface area contributed by atoms with Gasteiger partial charge in [0.2, 0.25) is 0 Å². The van der Waals surface area contributed by atoms with Crippen molar-refractivity contribution < 1.29 is 4.39 Å². The van der Waals surface area contributed by atoms with Gasteiger partial charge in [0.15, 0.2) is 0 Å². The third kappa shape index (κ3) is 3.54. The zero-order valence-electron chi connectivity index (χ0n) is 9.92. The largest absolute Gasteiger partial charge is 0.367 e. The highest BCUT2D eigenvalue weighted by molar-refractivity contribution is 5.47. The van der Waals surface area contributed by atoms with Gasteiger partial charge in [0.05, 0.1) is 6.07 Å². The first-order valence-electron chi connectivity index (χ1n) is 5.40. The molecule has 0 amide bonds. The van der Waals surface area contributed by atoms with Crippen LogP contribution in [0.1, 0.15) is 27.2 Å². The lowest BCUT2D eigenvalue weighted by atomic mass is 9.92. The van der Waals surface area contributed by atoms with Crippen molar-refractivity contribution in [1.29, 1.82) is 5.26 Å². The molecular formula is C13H17FN2. The Balaban J connectivity index is 2.81. The van der Waals surface area contributed by atoms with Crippen molar-refractivity contribution in [3.63, 3.8) is 0 Å². The molecule has 0 aliphatic heterocycles. The van der Waals surface area contributed by atoms with Gasteiger partial charge in [-0.05, 0) is 37.5 Å². The summed E-state index contributed by atoms with van der Waals surface area (Å²) in [7, 11) is 0. The van der Waals surface area contributed by atoms with E-state index in [1.165, 1.54) is 12.1 Å². The molecular weight excluding hydrogens is 203 g/mol. The van der Waals surface area contributed by atoms with Crippen molar-refractivity contribution >= 4 is 5.69 Å². The van der Waals surface area contributed by atoms with Crippen molar-refractivity contribution in [1.82, 2.24) is 0 Å². The maximum atomic E-state index is 13.0. The van der Waals surface area contributed by atoms with Crippen LogP contribution in [0.25, 0.3) is 0 Å². The first-order chi connectivity index (χ1) is 7.45. The fourth-order valence-corrected chi connectivity index (χ4v) is 1.83. The number of anilines is 1. The molecule has 0 aliphatic carbocycles. The van der Waals surface area contributed by atoms with Gasteiger partial charge in [-0.25, -0.2) is 4.39 Å². The van der Waals surface area contributed by atoms with Crippen LogP contribution in [0.2, 0.25) is 0 Å². The molecule has 2 nitrogen and oxygen atoms in total. The Morgan fingerprint density at radius 3 is 2.69 bits per heavy atom. The van der Waals surface area contributed by atoms with Crippen molar-refractivity contribution in [3.8, 4) is 6.07 Å². The Kier molecular flexibility index (Phi) is 3.89. The normalized spacial score (nSPS) is 14.2. The number of nitrogens with zero attached hydrogens (tertiary/aromatic N) is 1. The molecule has 0 aliphatic rings.